The average molecular weight is 339 g/mol. The number of nitrogens with zero attached hydrogens (tertiary/aromatic N) is 2. The highest BCUT2D eigenvalue weighted by atomic mass is 16.5. The Morgan fingerprint density at radius 3 is 2.44 bits per heavy atom. The van der Waals surface area contributed by atoms with Crippen molar-refractivity contribution in [3.8, 4) is 5.75 Å². The maximum absolute atomic E-state index is 12.6. The first kappa shape index (κ1) is 16.8. The van der Waals surface area contributed by atoms with Crippen molar-refractivity contribution in [3.63, 3.8) is 0 Å². The topological polar surface area (TPSA) is 65.3 Å². The number of aromatic nitrogens is 2. The number of ether oxygens (including phenoxy) is 1. The zero-order chi connectivity index (χ0) is 18.0. The zero-order valence-electron chi connectivity index (χ0n) is 14.6. The van der Waals surface area contributed by atoms with Crippen molar-refractivity contribution in [2.45, 2.75) is 26.9 Å². The molecule has 3 aromatic rings. The molecule has 0 radical (unpaired) electrons. The Morgan fingerprint density at radius 1 is 1.12 bits per heavy atom. The molecular formula is C19H21N3O3. The molecule has 0 bridgehead atoms. The van der Waals surface area contributed by atoms with Crippen molar-refractivity contribution in [2.24, 2.45) is 0 Å². The van der Waals surface area contributed by atoms with Gasteiger partial charge in [-0.1, -0.05) is 18.2 Å². The van der Waals surface area contributed by atoms with Crippen LogP contribution in [0.5, 0.6) is 5.75 Å². The van der Waals surface area contributed by atoms with E-state index in [0.29, 0.717) is 18.0 Å². The Balaban J connectivity index is 1.92. The summed E-state index contributed by atoms with van der Waals surface area (Å²) >= 11 is 0. The first-order valence-electron chi connectivity index (χ1n) is 8.17. The molecule has 6 nitrogen and oxygen atoms in total. The number of aryl methyl sites for hydroxylation is 2. The number of hydrogen-bond donors (Lipinski definition) is 1. The molecule has 25 heavy (non-hydrogen) atoms. The van der Waals surface area contributed by atoms with Gasteiger partial charge in [0, 0.05) is 6.54 Å². The smallest absolute Gasteiger partial charge is 0.329 e. The lowest BCUT2D eigenvalue weighted by Gasteiger charge is -2.11. The van der Waals surface area contributed by atoms with Crippen LogP contribution in [0.1, 0.15) is 12.5 Å². The van der Waals surface area contributed by atoms with Crippen LogP contribution in [0.4, 0.5) is 5.69 Å². The number of amides is 1. The van der Waals surface area contributed by atoms with E-state index in [0.717, 1.165) is 16.6 Å². The van der Waals surface area contributed by atoms with Crippen LogP contribution in [0, 0.1) is 6.92 Å². The highest BCUT2D eigenvalue weighted by Gasteiger charge is 2.15. The van der Waals surface area contributed by atoms with E-state index in [1.54, 1.807) is 17.7 Å². The fourth-order valence-corrected chi connectivity index (χ4v) is 2.98. The van der Waals surface area contributed by atoms with Gasteiger partial charge in [0.05, 0.1) is 23.8 Å². The summed E-state index contributed by atoms with van der Waals surface area (Å²) < 4.78 is 8.44. The fraction of sp³-hybridized carbons (Fsp3) is 0.263. The van der Waals surface area contributed by atoms with Crippen LogP contribution in [0.2, 0.25) is 0 Å². The van der Waals surface area contributed by atoms with Crippen molar-refractivity contribution >= 4 is 22.6 Å². The standard InChI is InChI=1S/C19H21N3O3/c1-4-21-15-7-5-6-8-16(15)22(19(21)24)12-18(23)20-14-11-13(2)9-10-17(14)25-3/h5-11H,4,12H2,1-3H3,(H,20,23). The van der Waals surface area contributed by atoms with Gasteiger partial charge in [0.2, 0.25) is 5.91 Å². The number of carbonyl (C=O) groups is 1. The number of hydrogen-bond acceptors (Lipinski definition) is 3. The molecule has 0 aliphatic heterocycles. The maximum Gasteiger partial charge on any atom is 0.329 e. The summed E-state index contributed by atoms with van der Waals surface area (Å²) in [5, 5.41) is 2.84. The monoisotopic (exact) mass is 339 g/mol. The highest BCUT2D eigenvalue weighted by molar-refractivity contribution is 5.93. The molecule has 0 unspecified atom stereocenters. The largest absolute Gasteiger partial charge is 0.495 e. The molecule has 0 saturated heterocycles. The molecule has 2 aromatic carbocycles. The lowest BCUT2D eigenvalue weighted by molar-refractivity contribution is -0.116. The number of benzene rings is 2. The van der Waals surface area contributed by atoms with E-state index in [2.05, 4.69) is 5.32 Å². The normalized spacial score (nSPS) is 10.8. The summed E-state index contributed by atoms with van der Waals surface area (Å²) in [7, 11) is 1.56. The molecule has 0 fully saturated rings. The zero-order valence-corrected chi connectivity index (χ0v) is 14.6. The number of para-hydroxylation sites is 2. The summed E-state index contributed by atoms with van der Waals surface area (Å²) in [4.78, 5) is 25.1. The SMILES string of the molecule is CCn1c(=O)n(CC(=O)Nc2cc(C)ccc2OC)c2ccccc21. The minimum Gasteiger partial charge on any atom is -0.495 e. The first-order valence-corrected chi connectivity index (χ1v) is 8.17. The molecular weight excluding hydrogens is 318 g/mol. The first-order chi connectivity index (χ1) is 12.0. The van der Waals surface area contributed by atoms with Crippen LogP contribution in [0.25, 0.3) is 11.0 Å². The molecule has 1 heterocycles. The van der Waals surface area contributed by atoms with E-state index in [4.69, 9.17) is 4.74 Å². The quantitative estimate of drug-likeness (QED) is 0.777. The van der Waals surface area contributed by atoms with E-state index in [9.17, 15) is 9.59 Å². The molecule has 0 aliphatic rings. The van der Waals surface area contributed by atoms with Crippen LogP contribution in [-0.4, -0.2) is 22.2 Å². The van der Waals surface area contributed by atoms with Gasteiger partial charge in [-0.05, 0) is 43.7 Å². The van der Waals surface area contributed by atoms with E-state index in [1.165, 1.54) is 4.57 Å². The van der Waals surface area contributed by atoms with Crippen molar-refractivity contribution in [1.29, 1.82) is 0 Å². The van der Waals surface area contributed by atoms with Gasteiger partial charge in [-0.15, -0.1) is 0 Å². The summed E-state index contributed by atoms with van der Waals surface area (Å²) in [6.45, 7) is 4.35. The van der Waals surface area contributed by atoms with Crippen LogP contribution in [0.3, 0.4) is 0 Å². The van der Waals surface area contributed by atoms with Crippen LogP contribution >= 0.6 is 0 Å². The second-order valence-corrected chi connectivity index (χ2v) is 5.85. The second-order valence-electron chi connectivity index (χ2n) is 5.85. The second kappa shape index (κ2) is 6.84. The van der Waals surface area contributed by atoms with Crippen molar-refractivity contribution in [3.05, 3.63) is 58.5 Å². The van der Waals surface area contributed by atoms with Crippen molar-refractivity contribution < 1.29 is 9.53 Å². The van der Waals surface area contributed by atoms with E-state index in [-0.39, 0.29) is 18.1 Å². The Kier molecular flexibility index (Phi) is 4.61. The molecule has 1 N–H and O–H groups in total. The minimum absolute atomic E-state index is 0.0521. The van der Waals surface area contributed by atoms with Crippen molar-refractivity contribution in [1.82, 2.24) is 9.13 Å². The van der Waals surface area contributed by atoms with Gasteiger partial charge in [-0.2, -0.15) is 0 Å². The predicted octanol–water partition coefficient (Wildman–Crippen LogP) is 2.78. The van der Waals surface area contributed by atoms with Gasteiger partial charge in [-0.25, -0.2) is 4.79 Å². The molecule has 3 rings (SSSR count). The maximum atomic E-state index is 12.6. The molecule has 0 aliphatic carbocycles. The number of fused-ring (bicyclic) bond motifs is 1. The van der Waals surface area contributed by atoms with Crippen LogP contribution < -0.4 is 15.7 Å². The molecule has 0 saturated carbocycles. The Bertz CT molecular complexity index is 985. The average Bonchev–Trinajstić information content (AvgIpc) is 2.86. The van der Waals surface area contributed by atoms with Gasteiger partial charge < -0.3 is 10.1 Å². The summed E-state index contributed by atoms with van der Waals surface area (Å²) in [5.41, 5.74) is 3.00. The minimum atomic E-state index is -0.273. The third-order valence-electron chi connectivity index (χ3n) is 4.17. The predicted molar refractivity (Wildman–Crippen MR) is 98.2 cm³/mol. The van der Waals surface area contributed by atoms with Crippen LogP contribution in [0.15, 0.2) is 47.3 Å². The van der Waals surface area contributed by atoms with E-state index in [1.807, 2.05) is 50.2 Å². The lowest BCUT2D eigenvalue weighted by atomic mass is 10.2. The molecule has 1 amide bonds. The van der Waals surface area contributed by atoms with Gasteiger partial charge >= 0.3 is 5.69 Å². The van der Waals surface area contributed by atoms with Gasteiger partial charge in [0.15, 0.2) is 0 Å². The molecule has 130 valence electrons. The molecule has 1 aromatic heterocycles. The number of rotatable bonds is 5. The molecule has 0 atom stereocenters. The number of carbonyl (C=O) groups excluding carboxylic acids is 1. The number of methoxy groups -OCH3 is 1. The fourth-order valence-electron chi connectivity index (χ4n) is 2.98. The molecule has 0 spiro atoms. The van der Waals surface area contributed by atoms with Gasteiger partial charge in [-0.3, -0.25) is 13.9 Å². The number of anilines is 1. The van der Waals surface area contributed by atoms with Crippen molar-refractivity contribution in [2.75, 3.05) is 12.4 Å². The highest BCUT2D eigenvalue weighted by Crippen LogP contribution is 2.25. The summed E-state index contributed by atoms with van der Waals surface area (Å²) in [6, 6.07) is 13.0. The van der Waals surface area contributed by atoms with Crippen LogP contribution in [-0.2, 0) is 17.9 Å². The van der Waals surface area contributed by atoms with E-state index >= 15 is 0 Å². The Hall–Kier alpha value is -3.02. The summed E-state index contributed by atoms with van der Waals surface area (Å²) in [5.74, 6) is 0.312. The number of nitrogens with one attached hydrogen (secondary N) is 1. The van der Waals surface area contributed by atoms with Gasteiger partial charge in [0.25, 0.3) is 0 Å². The van der Waals surface area contributed by atoms with Gasteiger partial charge in [0.1, 0.15) is 12.3 Å². The Labute approximate surface area is 145 Å². The third-order valence-corrected chi connectivity index (χ3v) is 4.17. The van der Waals surface area contributed by atoms with E-state index < -0.39 is 0 Å². The Morgan fingerprint density at radius 2 is 1.80 bits per heavy atom. The lowest BCUT2D eigenvalue weighted by Crippen LogP contribution is -2.29. The summed E-state index contributed by atoms with van der Waals surface area (Å²) in [6.07, 6.45) is 0. The molecule has 6 heteroatoms. The third kappa shape index (κ3) is 3.15. The number of imidazole rings is 1.